The van der Waals surface area contributed by atoms with Crippen molar-refractivity contribution in [2.75, 3.05) is 0 Å². The van der Waals surface area contributed by atoms with E-state index < -0.39 is 5.97 Å². The van der Waals surface area contributed by atoms with Crippen LogP contribution in [0.2, 0.25) is 0 Å². The van der Waals surface area contributed by atoms with E-state index in [0.29, 0.717) is 5.56 Å². The fraction of sp³-hybridized carbons (Fsp3) is 0. The Morgan fingerprint density at radius 3 is 2.42 bits per heavy atom. The molecule has 116 valence electrons. The van der Waals surface area contributed by atoms with E-state index >= 15 is 0 Å². The lowest BCUT2D eigenvalue weighted by Gasteiger charge is -2.01. The van der Waals surface area contributed by atoms with Gasteiger partial charge < -0.3 is 5.11 Å². The highest BCUT2D eigenvalue weighted by Gasteiger charge is 2.14. The predicted octanol–water partition coefficient (Wildman–Crippen LogP) is 5.33. The van der Waals surface area contributed by atoms with E-state index in [-0.39, 0.29) is 5.56 Å². The molecule has 4 heteroatoms. The smallest absolute Gasteiger partial charge is 0.336 e. The molecule has 1 aromatic heterocycles. The third-order valence-corrected chi connectivity index (χ3v) is 4.93. The number of carboxylic acid groups (broad SMARTS) is 1. The topological polar surface area (TPSA) is 50.2 Å². The van der Waals surface area contributed by atoms with Crippen molar-refractivity contribution in [3.05, 3.63) is 78.4 Å². The zero-order valence-corrected chi connectivity index (χ0v) is 13.5. The molecule has 0 aliphatic rings. The second-order valence-corrected chi connectivity index (χ2v) is 6.45. The highest BCUT2D eigenvalue weighted by molar-refractivity contribution is 7.21. The SMILES string of the molecule is O=C(O)c1ccccc1-c1nc2ccc(-c3ccccc3)cc2s1. The number of nitrogens with zero attached hydrogens (tertiary/aromatic N) is 1. The fourth-order valence-electron chi connectivity index (χ4n) is 2.71. The molecule has 3 aromatic carbocycles. The minimum Gasteiger partial charge on any atom is -0.478 e. The lowest BCUT2D eigenvalue weighted by Crippen LogP contribution is -1.98. The van der Waals surface area contributed by atoms with Crippen molar-refractivity contribution >= 4 is 27.5 Å². The molecule has 0 aliphatic heterocycles. The van der Waals surface area contributed by atoms with Gasteiger partial charge in [-0.3, -0.25) is 0 Å². The van der Waals surface area contributed by atoms with Crippen molar-refractivity contribution in [1.82, 2.24) is 4.98 Å². The average Bonchev–Trinajstić information content (AvgIpc) is 3.05. The van der Waals surface area contributed by atoms with Gasteiger partial charge in [-0.05, 0) is 29.3 Å². The summed E-state index contributed by atoms with van der Waals surface area (Å²) in [5.41, 5.74) is 4.10. The summed E-state index contributed by atoms with van der Waals surface area (Å²) in [6.45, 7) is 0. The molecule has 0 atom stereocenters. The van der Waals surface area contributed by atoms with Gasteiger partial charge in [0.2, 0.25) is 0 Å². The van der Waals surface area contributed by atoms with E-state index in [4.69, 9.17) is 0 Å². The molecular formula is C20H13NO2S. The van der Waals surface area contributed by atoms with Crippen LogP contribution in [-0.4, -0.2) is 16.1 Å². The summed E-state index contributed by atoms with van der Waals surface area (Å²) in [6.07, 6.45) is 0. The average molecular weight is 331 g/mol. The molecule has 0 saturated heterocycles. The Balaban J connectivity index is 1.84. The second-order valence-electron chi connectivity index (χ2n) is 5.42. The lowest BCUT2D eigenvalue weighted by atomic mass is 10.1. The number of rotatable bonds is 3. The largest absolute Gasteiger partial charge is 0.478 e. The zero-order chi connectivity index (χ0) is 16.5. The van der Waals surface area contributed by atoms with Crippen LogP contribution in [0.4, 0.5) is 0 Å². The summed E-state index contributed by atoms with van der Waals surface area (Å²) < 4.78 is 1.05. The van der Waals surface area contributed by atoms with Crippen LogP contribution in [0.25, 0.3) is 31.9 Å². The van der Waals surface area contributed by atoms with E-state index in [1.807, 2.05) is 36.4 Å². The number of benzene rings is 3. The third-order valence-electron chi connectivity index (χ3n) is 3.88. The first-order chi connectivity index (χ1) is 11.7. The third kappa shape index (κ3) is 2.57. The molecule has 0 radical (unpaired) electrons. The molecule has 0 amide bonds. The van der Waals surface area contributed by atoms with Gasteiger partial charge in [0.15, 0.2) is 0 Å². The number of hydrogen-bond donors (Lipinski definition) is 1. The van der Waals surface area contributed by atoms with Crippen LogP contribution < -0.4 is 0 Å². The summed E-state index contributed by atoms with van der Waals surface area (Å²) in [5.74, 6) is -0.935. The van der Waals surface area contributed by atoms with E-state index in [0.717, 1.165) is 26.4 Å². The molecule has 0 fully saturated rings. The minimum absolute atomic E-state index is 0.278. The summed E-state index contributed by atoms with van der Waals surface area (Å²) >= 11 is 1.52. The van der Waals surface area contributed by atoms with Crippen LogP contribution in [0.3, 0.4) is 0 Å². The number of fused-ring (bicyclic) bond motifs is 1. The Kier molecular flexibility index (Phi) is 3.59. The monoisotopic (exact) mass is 331 g/mol. The second kappa shape index (κ2) is 5.91. The maximum Gasteiger partial charge on any atom is 0.336 e. The van der Waals surface area contributed by atoms with Gasteiger partial charge in [-0.1, -0.05) is 54.6 Å². The summed E-state index contributed by atoms with van der Waals surface area (Å²) in [7, 11) is 0. The number of aromatic carboxylic acids is 1. The minimum atomic E-state index is -0.935. The molecule has 1 heterocycles. The van der Waals surface area contributed by atoms with Crippen LogP contribution >= 0.6 is 11.3 Å². The van der Waals surface area contributed by atoms with Crippen molar-refractivity contribution in [2.24, 2.45) is 0 Å². The van der Waals surface area contributed by atoms with E-state index in [2.05, 4.69) is 23.2 Å². The van der Waals surface area contributed by atoms with E-state index in [9.17, 15) is 9.90 Å². The Hall–Kier alpha value is -2.98. The maximum absolute atomic E-state index is 11.4. The van der Waals surface area contributed by atoms with Gasteiger partial charge in [-0.2, -0.15) is 0 Å². The molecule has 0 spiro atoms. The Morgan fingerprint density at radius 1 is 0.875 bits per heavy atom. The molecule has 4 aromatic rings. The van der Waals surface area contributed by atoms with Crippen molar-refractivity contribution in [3.63, 3.8) is 0 Å². The van der Waals surface area contributed by atoms with Crippen LogP contribution in [0, 0.1) is 0 Å². The molecule has 0 bridgehead atoms. The predicted molar refractivity (Wildman–Crippen MR) is 97.5 cm³/mol. The first-order valence-electron chi connectivity index (χ1n) is 7.51. The highest BCUT2D eigenvalue weighted by Crippen LogP contribution is 2.34. The van der Waals surface area contributed by atoms with E-state index in [1.165, 1.54) is 11.3 Å². The Labute approximate surface area is 142 Å². The molecular weight excluding hydrogens is 318 g/mol. The molecule has 0 saturated carbocycles. The van der Waals surface area contributed by atoms with Crippen molar-refractivity contribution < 1.29 is 9.90 Å². The number of carboxylic acids is 1. The molecule has 4 rings (SSSR count). The number of thiazole rings is 1. The van der Waals surface area contributed by atoms with Gasteiger partial charge in [0.25, 0.3) is 0 Å². The quantitative estimate of drug-likeness (QED) is 0.552. The zero-order valence-electron chi connectivity index (χ0n) is 12.6. The summed E-state index contributed by atoms with van der Waals surface area (Å²) in [5, 5.41) is 10.1. The molecule has 1 N–H and O–H groups in total. The van der Waals surface area contributed by atoms with E-state index in [1.54, 1.807) is 18.2 Å². The first-order valence-corrected chi connectivity index (χ1v) is 8.33. The molecule has 3 nitrogen and oxygen atoms in total. The van der Waals surface area contributed by atoms with Crippen LogP contribution in [-0.2, 0) is 0 Å². The number of carbonyl (C=O) groups is 1. The lowest BCUT2D eigenvalue weighted by molar-refractivity contribution is 0.0697. The van der Waals surface area contributed by atoms with Crippen LogP contribution in [0.15, 0.2) is 72.8 Å². The summed E-state index contributed by atoms with van der Waals surface area (Å²) in [4.78, 5) is 16.0. The van der Waals surface area contributed by atoms with Gasteiger partial charge in [0.1, 0.15) is 5.01 Å². The summed E-state index contributed by atoms with van der Waals surface area (Å²) in [6, 6.07) is 23.3. The number of aromatic nitrogens is 1. The van der Waals surface area contributed by atoms with Gasteiger partial charge in [0.05, 0.1) is 15.8 Å². The Morgan fingerprint density at radius 2 is 1.62 bits per heavy atom. The van der Waals surface area contributed by atoms with Gasteiger partial charge in [-0.15, -0.1) is 11.3 Å². The van der Waals surface area contributed by atoms with Crippen LogP contribution in [0.5, 0.6) is 0 Å². The number of hydrogen-bond acceptors (Lipinski definition) is 3. The van der Waals surface area contributed by atoms with Gasteiger partial charge in [0, 0.05) is 5.56 Å². The van der Waals surface area contributed by atoms with Crippen molar-refractivity contribution in [3.8, 4) is 21.7 Å². The Bertz CT molecular complexity index is 1040. The standard InChI is InChI=1S/C20H13NO2S/c22-20(23)16-9-5-4-8-15(16)19-21-17-11-10-14(12-18(17)24-19)13-6-2-1-3-7-13/h1-12H,(H,22,23). The molecule has 0 unspecified atom stereocenters. The maximum atomic E-state index is 11.4. The normalized spacial score (nSPS) is 10.8. The first kappa shape index (κ1) is 14.6. The molecule has 24 heavy (non-hydrogen) atoms. The molecule has 0 aliphatic carbocycles. The van der Waals surface area contributed by atoms with Crippen molar-refractivity contribution in [1.29, 1.82) is 0 Å². The fourth-order valence-corrected chi connectivity index (χ4v) is 3.75. The van der Waals surface area contributed by atoms with Gasteiger partial charge in [-0.25, -0.2) is 9.78 Å². The highest BCUT2D eigenvalue weighted by atomic mass is 32.1. The van der Waals surface area contributed by atoms with Gasteiger partial charge >= 0.3 is 5.97 Å². The van der Waals surface area contributed by atoms with Crippen LogP contribution in [0.1, 0.15) is 10.4 Å². The van der Waals surface area contributed by atoms with Crippen molar-refractivity contribution in [2.45, 2.75) is 0 Å².